The number of ether oxygens (including phenoxy) is 1. The van der Waals surface area contributed by atoms with E-state index in [-0.39, 0.29) is 6.61 Å². The maximum absolute atomic E-state index is 9.18. The van der Waals surface area contributed by atoms with Gasteiger partial charge in [0.05, 0.1) is 25.3 Å². The van der Waals surface area contributed by atoms with E-state index < -0.39 is 0 Å². The van der Waals surface area contributed by atoms with Crippen molar-refractivity contribution in [2.75, 3.05) is 7.11 Å². The third-order valence-corrected chi connectivity index (χ3v) is 2.78. The van der Waals surface area contributed by atoms with Gasteiger partial charge in [-0.25, -0.2) is 0 Å². The summed E-state index contributed by atoms with van der Waals surface area (Å²) in [6.07, 6.45) is 0. The van der Waals surface area contributed by atoms with Crippen LogP contribution in [0.1, 0.15) is 11.1 Å². The Labute approximate surface area is 106 Å². The molecule has 0 radical (unpaired) electrons. The first-order valence-electron chi connectivity index (χ1n) is 5.57. The van der Waals surface area contributed by atoms with Gasteiger partial charge in [0.25, 0.3) is 0 Å². The van der Waals surface area contributed by atoms with Gasteiger partial charge in [0.2, 0.25) is 0 Å². The molecule has 18 heavy (non-hydrogen) atoms. The van der Waals surface area contributed by atoms with Crippen molar-refractivity contribution in [2.24, 2.45) is 0 Å². The number of hydrogen-bond donors (Lipinski definition) is 1. The third kappa shape index (κ3) is 2.20. The summed E-state index contributed by atoms with van der Waals surface area (Å²) in [4.78, 5) is 0. The predicted molar refractivity (Wildman–Crippen MR) is 69.1 cm³/mol. The maximum atomic E-state index is 9.18. The smallest absolute Gasteiger partial charge is 0.126 e. The summed E-state index contributed by atoms with van der Waals surface area (Å²) in [7, 11) is 1.60. The summed E-state index contributed by atoms with van der Waals surface area (Å²) >= 11 is 0. The molecule has 2 rings (SSSR count). The van der Waals surface area contributed by atoms with Gasteiger partial charge in [-0.05, 0) is 23.8 Å². The Bertz CT molecular complexity index is 600. The number of para-hydroxylation sites is 1. The van der Waals surface area contributed by atoms with E-state index in [4.69, 9.17) is 10.00 Å². The van der Waals surface area contributed by atoms with E-state index in [2.05, 4.69) is 6.07 Å². The van der Waals surface area contributed by atoms with E-state index in [1.807, 2.05) is 30.3 Å². The Morgan fingerprint density at radius 2 is 1.94 bits per heavy atom. The molecule has 0 amide bonds. The molecule has 2 aromatic rings. The summed E-state index contributed by atoms with van der Waals surface area (Å²) in [5, 5.41) is 18.3. The number of nitriles is 1. The molecule has 0 aliphatic rings. The lowest BCUT2D eigenvalue weighted by Crippen LogP contribution is -1.92. The Hall–Kier alpha value is -2.31. The number of nitrogens with zero attached hydrogens (tertiary/aromatic N) is 1. The zero-order chi connectivity index (χ0) is 13.0. The Morgan fingerprint density at radius 1 is 1.17 bits per heavy atom. The lowest BCUT2D eigenvalue weighted by molar-refractivity contribution is 0.282. The lowest BCUT2D eigenvalue weighted by Gasteiger charge is -2.10. The van der Waals surface area contributed by atoms with Crippen molar-refractivity contribution in [3.63, 3.8) is 0 Å². The quantitative estimate of drug-likeness (QED) is 0.896. The zero-order valence-electron chi connectivity index (χ0n) is 10.1. The molecule has 0 fully saturated rings. The molecule has 3 heteroatoms. The van der Waals surface area contributed by atoms with Crippen molar-refractivity contribution >= 4 is 0 Å². The molecule has 2 aromatic carbocycles. The van der Waals surface area contributed by atoms with E-state index >= 15 is 0 Å². The Kier molecular flexibility index (Phi) is 3.61. The largest absolute Gasteiger partial charge is 0.496 e. The van der Waals surface area contributed by atoms with Crippen molar-refractivity contribution in [2.45, 2.75) is 6.61 Å². The summed E-state index contributed by atoms with van der Waals surface area (Å²) in [5.41, 5.74) is 2.97. The Balaban J connectivity index is 2.65. The van der Waals surface area contributed by atoms with Gasteiger partial charge in [0, 0.05) is 11.1 Å². The van der Waals surface area contributed by atoms with Crippen LogP contribution >= 0.6 is 0 Å². The molecule has 0 saturated heterocycles. The van der Waals surface area contributed by atoms with Crippen molar-refractivity contribution in [1.29, 1.82) is 5.26 Å². The van der Waals surface area contributed by atoms with Gasteiger partial charge >= 0.3 is 0 Å². The van der Waals surface area contributed by atoms with E-state index in [9.17, 15) is 5.11 Å². The average molecular weight is 239 g/mol. The van der Waals surface area contributed by atoms with Gasteiger partial charge in [-0.2, -0.15) is 5.26 Å². The first kappa shape index (κ1) is 12.2. The van der Waals surface area contributed by atoms with Gasteiger partial charge in [0.1, 0.15) is 5.75 Å². The molecule has 0 aromatic heterocycles. The number of benzene rings is 2. The average Bonchev–Trinajstić information content (AvgIpc) is 2.46. The molecule has 3 nitrogen and oxygen atoms in total. The number of methoxy groups -OCH3 is 1. The highest BCUT2D eigenvalue weighted by atomic mass is 16.5. The minimum absolute atomic E-state index is 0.0478. The molecular weight excluding hydrogens is 226 g/mol. The van der Waals surface area contributed by atoms with Crippen LogP contribution in [0.2, 0.25) is 0 Å². The van der Waals surface area contributed by atoms with E-state index in [0.717, 1.165) is 16.7 Å². The third-order valence-electron chi connectivity index (χ3n) is 2.78. The first-order valence-corrected chi connectivity index (χ1v) is 5.57. The standard InChI is InChI=1S/C15H13NO2/c1-18-15-5-3-2-4-13(15)14-8-11(10-17)6-7-12(14)9-16/h2-8,17H,10H2,1H3. The summed E-state index contributed by atoms with van der Waals surface area (Å²) in [6.45, 7) is -0.0478. The fraction of sp³-hybridized carbons (Fsp3) is 0.133. The second-order valence-corrected chi connectivity index (χ2v) is 3.85. The van der Waals surface area contributed by atoms with Gasteiger partial charge in [-0.15, -0.1) is 0 Å². The van der Waals surface area contributed by atoms with Crippen LogP contribution in [0.5, 0.6) is 5.75 Å². The summed E-state index contributed by atoms with van der Waals surface area (Å²) < 4.78 is 5.30. The molecule has 90 valence electrons. The summed E-state index contributed by atoms with van der Waals surface area (Å²) in [6, 6.07) is 15.0. The number of hydrogen-bond acceptors (Lipinski definition) is 3. The second kappa shape index (κ2) is 5.35. The zero-order valence-corrected chi connectivity index (χ0v) is 10.1. The molecule has 0 aliphatic carbocycles. The van der Waals surface area contributed by atoms with Gasteiger partial charge in [0.15, 0.2) is 0 Å². The molecule has 0 heterocycles. The van der Waals surface area contributed by atoms with Crippen LogP contribution in [0, 0.1) is 11.3 Å². The molecule has 1 N–H and O–H groups in total. The Morgan fingerprint density at radius 3 is 2.61 bits per heavy atom. The minimum Gasteiger partial charge on any atom is -0.496 e. The molecule has 0 unspecified atom stereocenters. The van der Waals surface area contributed by atoms with Crippen molar-refractivity contribution in [3.05, 3.63) is 53.6 Å². The normalized spacial score (nSPS) is 9.83. The number of rotatable bonds is 3. The SMILES string of the molecule is COc1ccccc1-c1cc(CO)ccc1C#N. The monoisotopic (exact) mass is 239 g/mol. The molecule has 0 atom stereocenters. The molecule has 0 saturated carbocycles. The molecule has 0 bridgehead atoms. The van der Waals surface area contributed by atoms with Crippen LogP contribution in [0.3, 0.4) is 0 Å². The molecule has 0 spiro atoms. The van der Waals surface area contributed by atoms with Crippen LogP contribution in [0.4, 0.5) is 0 Å². The second-order valence-electron chi connectivity index (χ2n) is 3.85. The first-order chi connectivity index (χ1) is 8.80. The van der Waals surface area contributed by atoms with E-state index in [0.29, 0.717) is 11.3 Å². The van der Waals surface area contributed by atoms with E-state index in [1.165, 1.54) is 0 Å². The fourth-order valence-corrected chi connectivity index (χ4v) is 1.88. The van der Waals surface area contributed by atoms with Crippen LogP contribution in [0.25, 0.3) is 11.1 Å². The van der Waals surface area contributed by atoms with Crippen LogP contribution in [-0.4, -0.2) is 12.2 Å². The highest BCUT2D eigenvalue weighted by Crippen LogP contribution is 2.32. The number of aliphatic hydroxyl groups is 1. The van der Waals surface area contributed by atoms with Gasteiger partial charge in [-0.3, -0.25) is 0 Å². The predicted octanol–water partition coefficient (Wildman–Crippen LogP) is 2.73. The molecule has 0 aliphatic heterocycles. The topological polar surface area (TPSA) is 53.2 Å². The van der Waals surface area contributed by atoms with Crippen LogP contribution in [0.15, 0.2) is 42.5 Å². The molecular formula is C15H13NO2. The van der Waals surface area contributed by atoms with Crippen LogP contribution < -0.4 is 4.74 Å². The van der Waals surface area contributed by atoms with Crippen molar-refractivity contribution < 1.29 is 9.84 Å². The van der Waals surface area contributed by atoms with Gasteiger partial charge < -0.3 is 9.84 Å². The highest BCUT2D eigenvalue weighted by Gasteiger charge is 2.10. The van der Waals surface area contributed by atoms with Crippen molar-refractivity contribution in [1.82, 2.24) is 0 Å². The minimum atomic E-state index is -0.0478. The lowest BCUT2D eigenvalue weighted by atomic mass is 9.97. The van der Waals surface area contributed by atoms with Crippen LogP contribution in [-0.2, 0) is 6.61 Å². The van der Waals surface area contributed by atoms with Gasteiger partial charge in [-0.1, -0.05) is 24.3 Å². The summed E-state index contributed by atoms with van der Waals surface area (Å²) in [5.74, 6) is 0.712. The number of aliphatic hydroxyl groups excluding tert-OH is 1. The van der Waals surface area contributed by atoms with E-state index in [1.54, 1.807) is 19.2 Å². The van der Waals surface area contributed by atoms with Crippen molar-refractivity contribution in [3.8, 4) is 22.9 Å². The highest BCUT2D eigenvalue weighted by molar-refractivity contribution is 5.76. The fourth-order valence-electron chi connectivity index (χ4n) is 1.88. The maximum Gasteiger partial charge on any atom is 0.126 e.